The first-order valence-corrected chi connectivity index (χ1v) is 5.87. The van der Waals surface area contributed by atoms with Crippen LogP contribution < -0.4 is 5.73 Å². The predicted molar refractivity (Wildman–Crippen MR) is 63.7 cm³/mol. The molecule has 0 aliphatic carbocycles. The van der Waals surface area contributed by atoms with Gasteiger partial charge < -0.3 is 10.6 Å². The molecule has 0 bridgehead atoms. The van der Waals surface area contributed by atoms with Crippen molar-refractivity contribution in [1.29, 1.82) is 0 Å². The molecule has 2 atom stereocenters. The van der Waals surface area contributed by atoms with Gasteiger partial charge in [0.1, 0.15) is 5.82 Å². The maximum absolute atomic E-state index is 13.1. The molecule has 0 aromatic heterocycles. The molecule has 3 heteroatoms. The normalized spacial score (nSPS) is 26.9. The highest BCUT2D eigenvalue weighted by Gasteiger charge is 2.26. The molecule has 0 unspecified atom stereocenters. The molecule has 1 aliphatic heterocycles. The quantitative estimate of drug-likeness (QED) is 0.826. The summed E-state index contributed by atoms with van der Waals surface area (Å²) in [6, 6.07) is 7.37. The van der Waals surface area contributed by atoms with Gasteiger partial charge in [-0.15, -0.1) is 0 Å². The second-order valence-electron chi connectivity index (χ2n) is 4.69. The second kappa shape index (κ2) is 4.93. The molecule has 0 saturated carbocycles. The van der Waals surface area contributed by atoms with Crippen LogP contribution in [0.25, 0.3) is 0 Å². The molecule has 1 fully saturated rings. The average molecular weight is 222 g/mol. The number of nitrogens with zero attached hydrogens (tertiary/aromatic N) is 1. The van der Waals surface area contributed by atoms with Gasteiger partial charge in [0.2, 0.25) is 0 Å². The van der Waals surface area contributed by atoms with Crippen LogP contribution in [0, 0.1) is 5.82 Å². The number of piperidine rings is 1. The van der Waals surface area contributed by atoms with Crippen molar-refractivity contribution in [2.24, 2.45) is 5.73 Å². The zero-order valence-electron chi connectivity index (χ0n) is 9.70. The van der Waals surface area contributed by atoms with E-state index in [2.05, 4.69) is 11.9 Å². The van der Waals surface area contributed by atoms with E-state index in [1.54, 1.807) is 12.1 Å². The number of likely N-dealkylation sites (N-methyl/N-ethyl adjacent to an activating group) is 1. The van der Waals surface area contributed by atoms with Crippen molar-refractivity contribution in [2.45, 2.75) is 31.3 Å². The zero-order valence-corrected chi connectivity index (χ0v) is 9.70. The van der Waals surface area contributed by atoms with E-state index in [9.17, 15) is 4.39 Å². The molecule has 1 heterocycles. The van der Waals surface area contributed by atoms with Crippen LogP contribution in [0.4, 0.5) is 4.39 Å². The van der Waals surface area contributed by atoms with Gasteiger partial charge in [-0.25, -0.2) is 4.39 Å². The molecular formula is C13H19FN2. The summed E-state index contributed by atoms with van der Waals surface area (Å²) in [7, 11) is 2.10. The lowest BCUT2D eigenvalue weighted by molar-refractivity contribution is 0.161. The summed E-state index contributed by atoms with van der Waals surface area (Å²) in [5, 5.41) is 0. The van der Waals surface area contributed by atoms with Gasteiger partial charge in [0.05, 0.1) is 0 Å². The van der Waals surface area contributed by atoms with E-state index in [1.807, 2.05) is 6.07 Å². The van der Waals surface area contributed by atoms with E-state index in [-0.39, 0.29) is 11.9 Å². The van der Waals surface area contributed by atoms with Gasteiger partial charge >= 0.3 is 0 Å². The monoisotopic (exact) mass is 222 g/mol. The van der Waals surface area contributed by atoms with Gasteiger partial charge in [-0.3, -0.25) is 0 Å². The Morgan fingerprint density at radius 3 is 3.00 bits per heavy atom. The minimum Gasteiger partial charge on any atom is -0.326 e. The Hall–Kier alpha value is -0.930. The molecule has 1 aliphatic rings. The molecule has 1 aromatic carbocycles. The van der Waals surface area contributed by atoms with Crippen molar-refractivity contribution < 1.29 is 4.39 Å². The van der Waals surface area contributed by atoms with Crippen molar-refractivity contribution in [3.05, 3.63) is 35.6 Å². The van der Waals surface area contributed by atoms with Crippen LogP contribution in [0.1, 0.15) is 18.4 Å². The molecule has 0 radical (unpaired) electrons. The molecular weight excluding hydrogens is 203 g/mol. The van der Waals surface area contributed by atoms with Gasteiger partial charge in [-0.05, 0) is 50.6 Å². The Morgan fingerprint density at radius 1 is 1.50 bits per heavy atom. The molecule has 2 N–H and O–H groups in total. The Labute approximate surface area is 96.2 Å². The fourth-order valence-electron chi connectivity index (χ4n) is 2.47. The molecule has 2 rings (SSSR count). The molecule has 16 heavy (non-hydrogen) atoms. The van der Waals surface area contributed by atoms with E-state index < -0.39 is 0 Å². The Bertz CT molecular complexity index is 344. The number of likely N-dealkylation sites (tertiary alicyclic amines) is 1. The van der Waals surface area contributed by atoms with Crippen molar-refractivity contribution >= 4 is 0 Å². The number of halogens is 1. The van der Waals surface area contributed by atoms with Crippen LogP contribution in [0.15, 0.2) is 24.3 Å². The first-order chi connectivity index (χ1) is 7.66. The molecule has 1 saturated heterocycles. The third-order valence-corrected chi connectivity index (χ3v) is 3.44. The minimum atomic E-state index is -0.162. The molecule has 2 nitrogen and oxygen atoms in total. The number of rotatable bonds is 2. The summed E-state index contributed by atoms with van der Waals surface area (Å²) in [4.78, 5) is 2.29. The van der Waals surface area contributed by atoms with Gasteiger partial charge in [0, 0.05) is 12.1 Å². The van der Waals surface area contributed by atoms with E-state index >= 15 is 0 Å². The first kappa shape index (κ1) is 11.6. The largest absolute Gasteiger partial charge is 0.326 e. The van der Waals surface area contributed by atoms with Crippen molar-refractivity contribution in [3.8, 4) is 0 Å². The summed E-state index contributed by atoms with van der Waals surface area (Å²) in [5.41, 5.74) is 7.16. The first-order valence-electron chi connectivity index (χ1n) is 5.87. The zero-order chi connectivity index (χ0) is 11.5. The topological polar surface area (TPSA) is 29.3 Å². The van der Waals surface area contributed by atoms with Crippen LogP contribution in [0.5, 0.6) is 0 Å². The summed E-state index contributed by atoms with van der Waals surface area (Å²) >= 11 is 0. The fourth-order valence-corrected chi connectivity index (χ4v) is 2.47. The fraction of sp³-hybridized carbons (Fsp3) is 0.538. The Morgan fingerprint density at radius 2 is 2.31 bits per heavy atom. The summed E-state index contributed by atoms with van der Waals surface area (Å²) in [5.74, 6) is -0.162. The third-order valence-electron chi connectivity index (χ3n) is 3.44. The maximum Gasteiger partial charge on any atom is 0.123 e. The Kier molecular flexibility index (Phi) is 3.56. The standard InChI is InChI=1S/C13H19FN2/c1-16-7-3-6-12(15)13(16)9-10-4-2-5-11(14)8-10/h2,4-5,8,12-13H,3,6-7,9,15H2,1H3/t12-,13-/m0/s1. The third kappa shape index (κ3) is 2.60. The van der Waals surface area contributed by atoms with E-state index in [0.29, 0.717) is 6.04 Å². The van der Waals surface area contributed by atoms with Crippen LogP contribution in [0.2, 0.25) is 0 Å². The lowest BCUT2D eigenvalue weighted by Crippen LogP contribution is -2.51. The van der Waals surface area contributed by atoms with Crippen LogP contribution in [-0.4, -0.2) is 30.6 Å². The van der Waals surface area contributed by atoms with Gasteiger partial charge in [0.15, 0.2) is 0 Å². The number of nitrogens with two attached hydrogens (primary N) is 1. The van der Waals surface area contributed by atoms with Crippen molar-refractivity contribution in [3.63, 3.8) is 0 Å². The predicted octanol–water partition coefficient (Wildman–Crippen LogP) is 1.79. The molecule has 0 spiro atoms. The van der Waals surface area contributed by atoms with E-state index in [1.165, 1.54) is 6.07 Å². The van der Waals surface area contributed by atoms with Gasteiger partial charge in [0.25, 0.3) is 0 Å². The number of benzene rings is 1. The van der Waals surface area contributed by atoms with Crippen molar-refractivity contribution in [1.82, 2.24) is 4.90 Å². The Balaban J connectivity index is 2.07. The summed E-state index contributed by atoms with van der Waals surface area (Å²) in [6.45, 7) is 1.09. The highest BCUT2D eigenvalue weighted by Crippen LogP contribution is 2.18. The molecule has 1 aromatic rings. The molecule has 88 valence electrons. The number of hydrogen-bond acceptors (Lipinski definition) is 2. The van der Waals surface area contributed by atoms with Crippen molar-refractivity contribution in [2.75, 3.05) is 13.6 Å². The van der Waals surface area contributed by atoms with Crippen LogP contribution in [0.3, 0.4) is 0 Å². The van der Waals surface area contributed by atoms with E-state index in [4.69, 9.17) is 5.73 Å². The lowest BCUT2D eigenvalue weighted by Gasteiger charge is -2.37. The molecule has 0 amide bonds. The van der Waals surface area contributed by atoms with E-state index in [0.717, 1.165) is 31.4 Å². The van der Waals surface area contributed by atoms with Gasteiger partial charge in [-0.1, -0.05) is 12.1 Å². The van der Waals surface area contributed by atoms with Crippen LogP contribution in [-0.2, 0) is 6.42 Å². The second-order valence-corrected chi connectivity index (χ2v) is 4.69. The highest BCUT2D eigenvalue weighted by atomic mass is 19.1. The number of hydrogen-bond donors (Lipinski definition) is 1. The summed E-state index contributed by atoms with van der Waals surface area (Å²) in [6.07, 6.45) is 3.08. The lowest BCUT2D eigenvalue weighted by atomic mass is 9.92. The average Bonchev–Trinajstić information content (AvgIpc) is 2.24. The smallest absolute Gasteiger partial charge is 0.123 e. The summed E-state index contributed by atoms with van der Waals surface area (Å²) < 4.78 is 13.1. The van der Waals surface area contributed by atoms with Crippen LogP contribution >= 0.6 is 0 Å². The minimum absolute atomic E-state index is 0.162. The maximum atomic E-state index is 13.1. The van der Waals surface area contributed by atoms with Gasteiger partial charge in [-0.2, -0.15) is 0 Å². The SMILES string of the molecule is CN1CCC[C@H](N)[C@@H]1Cc1cccc(F)c1. The highest BCUT2D eigenvalue weighted by molar-refractivity contribution is 5.18.